The summed E-state index contributed by atoms with van der Waals surface area (Å²) in [5.41, 5.74) is 0. The lowest BCUT2D eigenvalue weighted by molar-refractivity contribution is -0.133. The minimum Gasteiger partial charge on any atom is -0.385 e. The number of carbonyl (C=O) groups excluding carboxylic acids is 1. The largest absolute Gasteiger partial charge is 0.385 e. The number of likely N-dealkylation sites (N-methyl/N-ethyl adjacent to an activating group) is 1. The molecule has 6 heteroatoms. The molecule has 0 bridgehead atoms. The first-order valence-electron chi connectivity index (χ1n) is 6.75. The third kappa shape index (κ3) is 5.96. The van der Waals surface area contributed by atoms with Gasteiger partial charge in [0.2, 0.25) is 5.91 Å². The van der Waals surface area contributed by atoms with Crippen LogP contribution in [0.15, 0.2) is 16.9 Å². The molecule has 0 saturated heterocycles. The van der Waals surface area contributed by atoms with E-state index >= 15 is 0 Å². The zero-order valence-corrected chi connectivity index (χ0v) is 13.9. The summed E-state index contributed by atoms with van der Waals surface area (Å²) in [6.45, 7) is 3.30. The first-order valence-corrected chi connectivity index (χ1v) is 7.54. The summed E-state index contributed by atoms with van der Waals surface area (Å²) in [5, 5.41) is 0. The van der Waals surface area contributed by atoms with Crippen LogP contribution in [0.2, 0.25) is 0 Å². The molecule has 112 valence electrons. The Morgan fingerprint density at radius 3 is 2.70 bits per heavy atom. The SMILES string of the molecule is COCCCC(C)C(=O)N(C)CCc1ncc(Br)cn1. The first kappa shape index (κ1) is 17.0. The molecule has 1 amide bonds. The average molecular weight is 344 g/mol. The summed E-state index contributed by atoms with van der Waals surface area (Å²) in [6, 6.07) is 0. The molecule has 1 heterocycles. The molecule has 5 nitrogen and oxygen atoms in total. The fraction of sp³-hybridized carbons (Fsp3) is 0.643. The van der Waals surface area contributed by atoms with Gasteiger partial charge in [0.25, 0.3) is 0 Å². The number of nitrogens with zero attached hydrogens (tertiary/aromatic N) is 3. The normalized spacial score (nSPS) is 12.2. The minimum atomic E-state index is 0.0287. The molecule has 0 saturated carbocycles. The number of aromatic nitrogens is 2. The van der Waals surface area contributed by atoms with Gasteiger partial charge in [-0.3, -0.25) is 4.79 Å². The van der Waals surface area contributed by atoms with Gasteiger partial charge in [0.1, 0.15) is 5.82 Å². The van der Waals surface area contributed by atoms with Crippen LogP contribution in [0.3, 0.4) is 0 Å². The van der Waals surface area contributed by atoms with E-state index in [9.17, 15) is 4.79 Å². The van der Waals surface area contributed by atoms with Gasteiger partial charge in [0.15, 0.2) is 0 Å². The van der Waals surface area contributed by atoms with Crippen LogP contribution in [0.1, 0.15) is 25.6 Å². The number of amides is 1. The molecule has 0 aliphatic heterocycles. The van der Waals surface area contributed by atoms with Crippen LogP contribution in [0.25, 0.3) is 0 Å². The Balaban J connectivity index is 2.35. The van der Waals surface area contributed by atoms with E-state index in [2.05, 4.69) is 25.9 Å². The van der Waals surface area contributed by atoms with E-state index in [1.807, 2.05) is 14.0 Å². The Bertz CT molecular complexity index is 411. The first-order chi connectivity index (χ1) is 9.54. The molecule has 20 heavy (non-hydrogen) atoms. The van der Waals surface area contributed by atoms with Crippen molar-refractivity contribution in [3.8, 4) is 0 Å². The number of halogens is 1. The zero-order chi connectivity index (χ0) is 15.0. The predicted molar refractivity (Wildman–Crippen MR) is 81.3 cm³/mol. The van der Waals surface area contributed by atoms with Gasteiger partial charge < -0.3 is 9.64 Å². The molecule has 0 spiro atoms. The molecule has 0 aromatic carbocycles. The number of methoxy groups -OCH3 is 1. The summed E-state index contributed by atoms with van der Waals surface area (Å²) in [7, 11) is 3.50. The Morgan fingerprint density at radius 2 is 2.10 bits per heavy atom. The van der Waals surface area contributed by atoms with Crippen LogP contribution < -0.4 is 0 Å². The van der Waals surface area contributed by atoms with Crippen molar-refractivity contribution in [1.82, 2.24) is 14.9 Å². The quantitative estimate of drug-likeness (QED) is 0.679. The molecule has 1 rings (SSSR count). The second-order valence-corrected chi connectivity index (χ2v) is 5.78. The molecule has 1 atom stereocenters. The fourth-order valence-corrected chi connectivity index (χ4v) is 2.08. The topological polar surface area (TPSA) is 55.3 Å². The molecule has 0 aliphatic carbocycles. The van der Waals surface area contributed by atoms with Crippen molar-refractivity contribution in [2.45, 2.75) is 26.2 Å². The lowest BCUT2D eigenvalue weighted by Gasteiger charge is -2.21. The number of ether oxygens (including phenoxy) is 1. The van der Waals surface area contributed by atoms with Gasteiger partial charge in [-0.1, -0.05) is 6.92 Å². The monoisotopic (exact) mass is 343 g/mol. The smallest absolute Gasteiger partial charge is 0.225 e. The van der Waals surface area contributed by atoms with Gasteiger partial charge in [-0.05, 0) is 28.8 Å². The summed E-state index contributed by atoms with van der Waals surface area (Å²) in [5.74, 6) is 0.944. The number of hydrogen-bond donors (Lipinski definition) is 0. The highest BCUT2D eigenvalue weighted by molar-refractivity contribution is 9.10. The summed E-state index contributed by atoms with van der Waals surface area (Å²) in [4.78, 5) is 22.3. The molecule has 1 aromatic rings. The van der Waals surface area contributed by atoms with Gasteiger partial charge >= 0.3 is 0 Å². The summed E-state index contributed by atoms with van der Waals surface area (Å²) >= 11 is 3.30. The maximum atomic E-state index is 12.1. The van der Waals surface area contributed by atoms with Gasteiger partial charge in [-0.15, -0.1) is 0 Å². The summed E-state index contributed by atoms with van der Waals surface area (Å²) < 4.78 is 5.86. The molecule has 1 unspecified atom stereocenters. The van der Waals surface area contributed by atoms with Crippen LogP contribution in [0, 0.1) is 5.92 Å². The second kappa shape index (κ2) is 9.02. The highest BCUT2D eigenvalue weighted by Gasteiger charge is 2.17. The molecule has 0 fully saturated rings. The van der Waals surface area contributed by atoms with Gasteiger partial charge in [0.05, 0.1) is 4.47 Å². The van der Waals surface area contributed by atoms with Crippen LogP contribution in [-0.2, 0) is 16.0 Å². The molecular weight excluding hydrogens is 322 g/mol. The Labute approximate surface area is 128 Å². The number of hydrogen-bond acceptors (Lipinski definition) is 4. The molecule has 0 aliphatic rings. The van der Waals surface area contributed by atoms with Gasteiger partial charge in [0, 0.05) is 52.0 Å². The van der Waals surface area contributed by atoms with E-state index in [-0.39, 0.29) is 11.8 Å². The lowest BCUT2D eigenvalue weighted by Crippen LogP contribution is -2.33. The van der Waals surface area contributed by atoms with Crippen LogP contribution in [0.4, 0.5) is 0 Å². The number of rotatable bonds is 8. The Morgan fingerprint density at radius 1 is 1.45 bits per heavy atom. The molecule has 0 radical (unpaired) electrons. The molecule has 0 N–H and O–H groups in total. The second-order valence-electron chi connectivity index (χ2n) is 4.86. The van der Waals surface area contributed by atoms with Gasteiger partial charge in [-0.25, -0.2) is 9.97 Å². The maximum absolute atomic E-state index is 12.1. The van der Waals surface area contributed by atoms with Gasteiger partial charge in [-0.2, -0.15) is 0 Å². The predicted octanol–water partition coefficient (Wildman–Crippen LogP) is 2.30. The van der Waals surface area contributed by atoms with Crippen molar-refractivity contribution in [1.29, 1.82) is 0 Å². The number of carbonyl (C=O) groups is 1. The van der Waals surface area contributed by atoms with E-state index in [1.165, 1.54) is 0 Å². The fourth-order valence-electron chi connectivity index (χ4n) is 1.88. The standard InChI is InChI=1S/C14H22BrN3O2/c1-11(5-4-8-20-3)14(19)18(2)7-6-13-16-9-12(15)10-17-13/h9-11H,4-8H2,1-3H3. The molecule has 1 aromatic heterocycles. The van der Waals surface area contributed by atoms with Crippen molar-refractivity contribution in [2.75, 3.05) is 27.3 Å². The highest BCUT2D eigenvalue weighted by Crippen LogP contribution is 2.10. The third-order valence-electron chi connectivity index (χ3n) is 3.13. The van der Waals surface area contributed by atoms with Crippen molar-refractivity contribution >= 4 is 21.8 Å². The Kier molecular flexibility index (Phi) is 7.69. The minimum absolute atomic E-state index is 0.0287. The van der Waals surface area contributed by atoms with E-state index in [0.29, 0.717) is 19.6 Å². The van der Waals surface area contributed by atoms with Crippen LogP contribution >= 0.6 is 15.9 Å². The van der Waals surface area contributed by atoms with Crippen LogP contribution in [-0.4, -0.2) is 48.1 Å². The summed E-state index contributed by atoms with van der Waals surface area (Å²) in [6.07, 6.45) is 5.87. The average Bonchev–Trinajstić information content (AvgIpc) is 2.45. The third-order valence-corrected chi connectivity index (χ3v) is 3.54. The van der Waals surface area contributed by atoms with Crippen molar-refractivity contribution in [3.05, 3.63) is 22.7 Å². The lowest BCUT2D eigenvalue weighted by atomic mass is 10.0. The molecular formula is C14H22BrN3O2. The van der Waals surface area contributed by atoms with E-state index in [4.69, 9.17) is 4.74 Å². The van der Waals surface area contributed by atoms with Crippen molar-refractivity contribution < 1.29 is 9.53 Å². The van der Waals surface area contributed by atoms with Crippen molar-refractivity contribution in [2.24, 2.45) is 5.92 Å². The van der Waals surface area contributed by atoms with Crippen LogP contribution in [0.5, 0.6) is 0 Å². The van der Waals surface area contributed by atoms with Crippen molar-refractivity contribution in [3.63, 3.8) is 0 Å². The van der Waals surface area contributed by atoms with E-state index < -0.39 is 0 Å². The zero-order valence-electron chi connectivity index (χ0n) is 12.3. The maximum Gasteiger partial charge on any atom is 0.225 e. The Hall–Kier alpha value is -1.01. The van der Waals surface area contributed by atoms with E-state index in [1.54, 1.807) is 24.4 Å². The van der Waals surface area contributed by atoms with E-state index in [0.717, 1.165) is 23.1 Å². The highest BCUT2D eigenvalue weighted by atomic mass is 79.9.